The number of hydrogen-bond donors (Lipinski definition) is 3. The van der Waals surface area contributed by atoms with Crippen LogP contribution in [0.15, 0.2) is 41.3 Å². The normalized spacial score (nSPS) is 13.1. The van der Waals surface area contributed by atoms with E-state index in [0.29, 0.717) is 16.8 Å². The van der Waals surface area contributed by atoms with E-state index in [2.05, 4.69) is 37.4 Å². The summed E-state index contributed by atoms with van der Waals surface area (Å²) < 4.78 is 61.6. The summed E-state index contributed by atoms with van der Waals surface area (Å²) in [6, 6.07) is 8.73. The summed E-state index contributed by atoms with van der Waals surface area (Å²) in [4.78, 5) is 12.9. The van der Waals surface area contributed by atoms with E-state index < -0.39 is 28.8 Å². The number of nitrogens with two attached hydrogens (primary N) is 1. The van der Waals surface area contributed by atoms with Crippen molar-refractivity contribution in [3.05, 3.63) is 47.7 Å². The third kappa shape index (κ3) is 7.53. The molecule has 1 aromatic carbocycles. The first-order valence-corrected chi connectivity index (χ1v) is 12.1. The summed E-state index contributed by atoms with van der Waals surface area (Å²) in [6.45, 7) is 6.26. The zero-order valence-electron chi connectivity index (χ0n) is 19.5. The van der Waals surface area contributed by atoms with Crippen LogP contribution in [0.2, 0.25) is 0 Å². The van der Waals surface area contributed by atoms with Crippen molar-refractivity contribution in [3.8, 4) is 11.8 Å². The number of pyridine rings is 1. The number of nitrogens with zero attached hydrogens (tertiary/aromatic N) is 3. The molecule has 8 nitrogen and oxygen atoms in total. The monoisotopic (exact) mass is 506 g/mol. The number of primary sulfonamides is 1. The Bertz CT molecular complexity index is 1390. The van der Waals surface area contributed by atoms with Gasteiger partial charge in [-0.15, -0.1) is 0 Å². The van der Waals surface area contributed by atoms with Gasteiger partial charge in [0.15, 0.2) is 5.82 Å². The summed E-state index contributed by atoms with van der Waals surface area (Å²) in [7, 11) is -3.83. The van der Waals surface area contributed by atoms with Crippen molar-refractivity contribution in [1.29, 1.82) is 0 Å². The van der Waals surface area contributed by atoms with Gasteiger partial charge in [-0.25, -0.2) is 23.5 Å². The molecule has 0 fully saturated rings. The van der Waals surface area contributed by atoms with Crippen LogP contribution in [0.5, 0.6) is 0 Å². The van der Waals surface area contributed by atoms with Crippen LogP contribution in [-0.4, -0.2) is 36.1 Å². The fourth-order valence-electron chi connectivity index (χ4n) is 2.93. The molecule has 12 heteroatoms. The van der Waals surface area contributed by atoms with Crippen molar-refractivity contribution < 1.29 is 21.6 Å². The van der Waals surface area contributed by atoms with Gasteiger partial charge >= 0.3 is 6.18 Å². The Hall–Kier alpha value is -3.43. The number of benzene rings is 1. The van der Waals surface area contributed by atoms with Crippen LogP contribution >= 0.6 is 0 Å². The van der Waals surface area contributed by atoms with Crippen molar-refractivity contribution in [3.63, 3.8) is 0 Å². The van der Waals surface area contributed by atoms with Gasteiger partial charge in [0, 0.05) is 5.41 Å². The van der Waals surface area contributed by atoms with Gasteiger partial charge in [-0.1, -0.05) is 18.1 Å². The fraction of sp³-hybridized carbons (Fsp3) is 0.348. The van der Waals surface area contributed by atoms with E-state index in [9.17, 15) is 21.6 Å². The van der Waals surface area contributed by atoms with Gasteiger partial charge in [0.05, 0.1) is 16.5 Å². The summed E-state index contributed by atoms with van der Waals surface area (Å²) in [5.41, 5.74) is 1.28. The highest BCUT2D eigenvalue weighted by Gasteiger charge is 2.27. The van der Waals surface area contributed by atoms with Crippen LogP contribution in [-0.2, 0) is 10.0 Å². The van der Waals surface area contributed by atoms with Gasteiger partial charge in [-0.05, 0) is 63.4 Å². The predicted octanol–water partition coefficient (Wildman–Crippen LogP) is 4.22. The number of aromatic nitrogens is 3. The maximum atomic E-state index is 12.9. The third-order valence-electron chi connectivity index (χ3n) is 4.62. The Kier molecular flexibility index (Phi) is 7.23. The maximum absolute atomic E-state index is 12.9. The van der Waals surface area contributed by atoms with Gasteiger partial charge in [0.2, 0.25) is 16.0 Å². The number of rotatable bonds is 6. The van der Waals surface area contributed by atoms with Crippen molar-refractivity contribution >= 4 is 32.8 Å². The summed E-state index contributed by atoms with van der Waals surface area (Å²) in [5.74, 6) is 5.94. The van der Waals surface area contributed by atoms with E-state index in [1.807, 2.05) is 20.8 Å². The number of nitrogens with one attached hydrogen (secondary N) is 2. The molecule has 0 saturated carbocycles. The Morgan fingerprint density at radius 2 is 1.69 bits per heavy atom. The average Bonchev–Trinajstić information content (AvgIpc) is 2.74. The largest absolute Gasteiger partial charge is 0.405 e. The first kappa shape index (κ1) is 26.2. The van der Waals surface area contributed by atoms with E-state index in [0.717, 1.165) is 0 Å². The van der Waals surface area contributed by atoms with Crippen LogP contribution in [0, 0.1) is 17.3 Å². The SMILES string of the molecule is C[C@@H](Nc1nc(NCC(F)(F)F)c2nc(C#CC(C)(C)C)ccc2n1)c1ccc(S(N)(=O)=O)cc1. The molecular formula is C23H25F3N6O2S. The molecule has 0 saturated heterocycles. The molecule has 0 bridgehead atoms. The third-order valence-corrected chi connectivity index (χ3v) is 5.55. The van der Waals surface area contributed by atoms with Crippen LogP contribution in [0.4, 0.5) is 24.9 Å². The molecule has 35 heavy (non-hydrogen) atoms. The molecule has 2 heterocycles. The maximum Gasteiger partial charge on any atom is 0.405 e. The molecule has 4 N–H and O–H groups in total. The molecular weight excluding hydrogens is 481 g/mol. The fourth-order valence-corrected chi connectivity index (χ4v) is 3.45. The second kappa shape index (κ2) is 9.67. The minimum Gasteiger partial charge on any atom is -0.359 e. The van der Waals surface area contributed by atoms with E-state index in [1.54, 1.807) is 31.2 Å². The smallest absolute Gasteiger partial charge is 0.359 e. The molecule has 1 atom stereocenters. The van der Waals surface area contributed by atoms with Crippen LogP contribution in [0.3, 0.4) is 0 Å². The molecule has 0 aliphatic carbocycles. The van der Waals surface area contributed by atoms with Gasteiger partial charge in [-0.3, -0.25) is 0 Å². The molecule has 0 aliphatic rings. The zero-order valence-corrected chi connectivity index (χ0v) is 20.3. The first-order valence-electron chi connectivity index (χ1n) is 10.5. The zero-order chi connectivity index (χ0) is 26.0. The lowest BCUT2D eigenvalue weighted by Gasteiger charge is -2.17. The molecule has 2 aromatic heterocycles. The minimum absolute atomic E-state index is 0.0366. The standard InChI is InChI=1S/C23H25F3N6O2S/c1-14(15-5-8-17(9-6-15)35(27,33)34)29-21-31-18-10-7-16(11-12-22(2,3)4)30-19(18)20(32-21)28-13-23(24,25)26/h5-10,14H,13H2,1-4H3,(H2,27,33,34)(H2,28,29,31,32)/t14-/m1/s1. The Balaban J connectivity index is 1.96. The van der Waals surface area contributed by atoms with Crippen LogP contribution in [0.1, 0.15) is 45.0 Å². The number of hydrogen-bond acceptors (Lipinski definition) is 7. The molecule has 0 spiro atoms. The molecule has 0 amide bonds. The second-order valence-electron chi connectivity index (χ2n) is 8.91. The summed E-state index contributed by atoms with van der Waals surface area (Å²) in [5, 5.41) is 10.4. The van der Waals surface area contributed by atoms with Crippen molar-refractivity contribution in [2.45, 2.75) is 44.8 Å². The molecule has 0 aliphatic heterocycles. The lowest BCUT2D eigenvalue weighted by molar-refractivity contribution is -0.115. The number of anilines is 2. The lowest BCUT2D eigenvalue weighted by atomic mass is 9.98. The van der Waals surface area contributed by atoms with E-state index in [1.165, 1.54) is 12.1 Å². The Morgan fingerprint density at radius 1 is 1.03 bits per heavy atom. The van der Waals surface area contributed by atoms with Crippen LogP contribution in [0.25, 0.3) is 11.0 Å². The van der Waals surface area contributed by atoms with Crippen molar-refractivity contribution in [2.75, 3.05) is 17.2 Å². The van der Waals surface area contributed by atoms with Crippen LogP contribution < -0.4 is 15.8 Å². The minimum atomic E-state index is -4.47. The molecule has 0 unspecified atom stereocenters. The lowest BCUT2D eigenvalue weighted by Crippen LogP contribution is -2.22. The number of fused-ring (bicyclic) bond motifs is 1. The number of alkyl halides is 3. The van der Waals surface area contributed by atoms with Crippen molar-refractivity contribution in [1.82, 2.24) is 15.0 Å². The summed E-state index contributed by atoms with van der Waals surface area (Å²) in [6.07, 6.45) is -4.47. The number of halogens is 3. The molecule has 186 valence electrons. The summed E-state index contributed by atoms with van der Waals surface area (Å²) >= 11 is 0. The van der Waals surface area contributed by atoms with Crippen molar-refractivity contribution in [2.24, 2.45) is 10.6 Å². The van der Waals surface area contributed by atoms with Gasteiger partial charge in [-0.2, -0.15) is 18.2 Å². The first-order chi connectivity index (χ1) is 16.1. The van der Waals surface area contributed by atoms with Gasteiger partial charge in [0.1, 0.15) is 17.8 Å². The van der Waals surface area contributed by atoms with E-state index in [4.69, 9.17) is 5.14 Å². The molecule has 0 radical (unpaired) electrons. The number of sulfonamides is 1. The molecule has 3 aromatic rings. The molecule has 3 rings (SSSR count). The Labute approximate surface area is 201 Å². The van der Waals surface area contributed by atoms with E-state index >= 15 is 0 Å². The predicted molar refractivity (Wildman–Crippen MR) is 128 cm³/mol. The Morgan fingerprint density at radius 3 is 2.26 bits per heavy atom. The average molecular weight is 507 g/mol. The highest BCUT2D eigenvalue weighted by molar-refractivity contribution is 7.89. The highest BCUT2D eigenvalue weighted by Crippen LogP contribution is 2.25. The topological polar surface area (TPSA) is 123 Å². The van der Waals surface area contributed by atoms with Gasteiger partial charge in [0.25, 0.3) is 0 Å². The highest BCUT2D eigenvalue weighted by atomic mass is 32.2. The second-order valence-corrected chi connectivity index (χ2v) is 10.5. The van der Waals surface area contributed by atoms with Gasteiger partial charge < -0.3 is 10.6 Å². The quantitative estimate of drug-likeness (QED) is 0.428. The van der Waals surface area contributed by atoms with E-state index in [-0.39, 0.29) is 27.6 Å².